The van der Waals surface area contributed by atoms with Crippen molar-refractivity contribution in [1.82, 2.24) is 0 Å². The van der Waals surface area contributed by atoms with Gasteiger partial charge < -0.3 is 14.9 Å². The molecule has 2 atom stereocenters. The summed E-state index contributed by atoms with van der Waals surface area (Å²) in [5.74, 6) is -1.75. The van der Waals surface area contributed by atoms with Crippen LogP contribution in [0.25, 0.3) is 0 Å². The van der Waals surface area contributed by atoms with E-state index in [-0.39, 0.29) is 6.61 Å². The molecule has 0 spiro atoms. The maximum Gasteiger partial charge on any atom is 0.309 e. The largest absolute Gasteiger partial charge is 0.481 e. The molecule has 2 aromatic carbocycles. The molecule has 1 unspecified atom stereocenters. The van der Waals surface area contributed by atoms with Crippen molar-refractivity contribution in [3.05, 3.63) is 69.7 Å². The SMILES string of the molecule is CC(C)(O)CCOC(c1ccc(Cl)cc1)[C@@H](Cc1ccc(Cl)cc1)C(=O)O. The van der Waals surface area contributed by atoms with Crippen LogP contribution >= 0.6 is 23.2 Å². The van der Waals surface area contributed by atoms with Crippen molar-refractivity contribution in [3.63, 3.8) is 0 Å². The fourth-order valence-electron chi connectivity index (χ4n) is 2.73. The van der Waals surface area contributed by atoms with Gasteiger partial charge in [-0.3, -0.25) is 4.79 Å². The highest BCUT2D eigenvalue weighted by atomic mass is 35.5. The van der Waals surface area contributed by atoms with Crippen molar-refractivity contribution in [2.75, 3.05) is 6.61 Å². The van der Waals surface area contributed by atoms with Gasteiger partial charge in [0.2, 0.25) is 0 Å². The topological polar surface area (TPSA) is 66.8 Å². The number of carboxylic acid groups (broad SMARTS) is 1. The Morgan fingerprint density at radius 3 is 2.04 bits per heavy atom. The van der Waals surface area contributed by atoms with E-state index in [1.807, 2.05) is 12.1 Å². The molecule has 2 rings (SSSR count). The summed E-state index contributed by atoms with van der Waals surface area (Å²) in [5.41, 5.74) is 0.702. The molecule has 0 saturated heterocycles. The Labute approximate surface area is 169 Å². The summed E-state index contributed by atoms with van der Waals surface area (Å²) in [6.45, 7) is 3.62. The second-order valence-corrected chi connectivity index (χ2v) is 8.05. The predicted octanol–water partition coefficient (Wildman–Crippen LogP) is 5.16. The molecule has 146 valence electrons. The van der Waals surface area contributed by atoms with E-state index in [9.17, 15) is 15.0 Å². The third-order valence-electron chi connectivity index (χ3n) is 4.26. The van der Waals surface area contributed by atoms with Crippen LogP contribution in [0, 0.1) is 5.92 Å². The third kappa shape index (κ3) is 7.15. The molecule has 0 saturated carbocycles. The summed E-state index contributed by atoms with van der Waals surface area (Å²) in [5, 5.41) is 20.9. The Balaban J connectivity index is 2.26. The molecule has 0 aromatic heterocycles. The van der Waals surface area contributed by atoms with E-state index in [0.717, 1.165) is 11.1 Å². The second kappa shape index (κ2) is 9.56. The molecule has 0 amide bonds. The number of hydrogen-bond acceptors (Lipinski definition) is 3. The van der Waals surface area contributed by atoms with E-state index in [2.05, 4.69) is 0 Å². The molecule has 0 aliphatic heterocycles. The number of aliphatic carboxylic acids is 1. The van der Waals surface area contributed by atoms with Gasteiger partial charge in [-0.05, 0) is 62.1 Å². The van der Waals surface area contributed by atoms with E-state index >= 15 is 0 Å². The van der Waals surface area contributed by atoms with Crippen LogP contribution in [-0.2, 0) is 16.0 Å². The van der Waals surface area contributed by atoms with Crippen LogP contribution in [-0.4, -0.2) is 28.4 Å². The molecule has 4 nitrogen and oxygen atoms in total. The van der Waals surface area contributed by atoms with Gasteiger partial charge >= 0.3 is 5.97 Å². The maximum atomic E-state index is 12.0. The van der Waals surface area contributed by atoms with E-state index in [0.29, 0.717) is 22.9 Å². The molecule has 0 bridgehead atoms. The minimum absolute atomic E-state index is 0.237. The quantitative estimate of drug-likeness (QED) is 0.599. The van der Waals surface area contributed by atoms with Crippen LogP contribution in [0.1, 0.15) is 37.5 Å². The highest BCUT2D eigenvalue weighted by Crippen LogP contribution is 2.31. The van der Waals surface area contributed by atoms with Crippen LogP contribution < -0.4 is 0 Å². The van der Waals surface area contributed by atoms with Gasteiger partial charge in [-0.1, -0.05) is 47.5 Å². The maximum absolute atomic E-state index is 12.0. The highest BCUT2D eigenvalue weighted by Gasteiger charge is 2.31. The van der Waals surface area contributed by atoms with Crippen LogP contribution in [0.5, 0.6) is 0 Å². The third-order valence-corrected chi connectivity index (χ3v) is 4.77. The van der Waals surface area contributed by atoms with Crippen LogP contribution in [0.3, 0.4) is 0 Å². The van der Waals surface area contributed by atoms with E-state index in [1.54, 1.807) is 50.2 Å². The van der Waals surface area contributed by atoms with Gasteiger partial charge in [-0.2, -0.15) is 0 Å². The average molecular weight is 411 g/mol. The first kappa shape index (κ1) is 21.7. The number of benzene rings is 2. The Bertz CT molecular complexity index is 736. The normalized spacial score (nSPS) is 14.0. The second-order valence-electron chi connectivity index (χ2n) is 7.18. The van der Waals surface area contributed by atoms with Gasteiger partial charge in [-0.25, -0.2) is 0 Å². The highest BCUT2D eigenvalue weighted by molar-refractivity contribution is 6.30. The van der Waals surface area contributed by atoms with Crippen molar-refractivity contribution < 1.29 is 19.7 Å². The summed E-state index contributed by atoms with van der Waals surface area (Å²) < 4.78 is 5.95. The number of carbonyl (C=O) groups is 1. The molecular formula is C21H24Cl2O4. The zero-order chi connectivity index (χ0) is 20.0. The molecule has 2 N–H and O–H groups in total. The zero-order valence-electron chi connectivity index (χ0n) is 15.4. The molecular weight excluding hydrogens is 387 g/mol. The molecule has 27 heavy (non-hydrogen) atoms. The van der Waals surface area contributed by atoms with Gasteiger partial charge in [0.05, 0.1) is 24.2 Å². The summed E-state index contributed by atoms with van der Waals surface area (Å²) in [6, 6.07) is 14.1. The molecule has 0 aliphatic rings. The summed E-state index contributed by atoms with van der Waals surface area (Å²) in [7, 11) is 0. The lowest BCUT2D eigenvalue weighted by Gasteiger charge is -2.27. The standard InChI is InChI=1S/C21H24Cl2O4/c1-21(2,26)11-12-27-19(15-5-9-17(23)10-6-15)18(20(24)25)13-14-3-7-16(22)8-4-14/h3-10,18-19,26H,11-13H2,1-2H3,(H,24,25)/t18-,19?/m1/s1. The van der Waals surface area contributed by atoms with E-state index in [1.165, 1.54) is 0 Å². The van der Waals surface area contributed by atoms with Crippen molar-refractivity contribution in [3.8, 4) is 0 Å². The zero-order valence-corrected chi connectivity index (χ0v) is 16.9. The molecule has 0 radical (unpaired) electrons. The number of hydrogen-bond donors (Lipinski definition) is 2. The summed E-state index contributed by atoms with van der Waals surface area (Å²) >= 11 is 11.9. The Kier molecular flexibility index (Phi) is 7.68. The fourth-order valence-corrected chi connectivity index (χ4v) is 2.98. The number of carboxylic acids is 1. The molecule has 0 heterocycles. The lowest BCUT2D eigenvalue weighted by Crippen LogP contribution is -2.28. The first-order valence-electron chi connectivity index (χ1n) is 8.72. The van der Waals surface area contributed by atoms with Gasteiger partial charge in [0.25, 0.3) is 0 Å². The van der Waals surface area contributed by atoms with Crippen molar-refractivity contribution in [2.24, 2.45) is 5.92 Å². The fraction of sp³-hybridized carbons (Fsp3) is 0.381. The Morgan fingerprint density at radius 1 is 1.04 bits per heavy atom. The van der Waals surface area contributed by atoms with Crippen molar-refractivity contribution in [1.29, 1.82) is 0 Å². The molecule has 2 aromatic rings. The monoisotopic (exact) mass is 410 g/mol. The van der Waals surface area contributed by atoms with Gasteiger partial charge in [-0.15, -0.1) is 0 Å². The van der Waals surface area contributed by atoms with Gasteiger partial charge in [0.15, 0.2) is 0 Å². The molecule has 0 aliphatic carbocycles. The number of rotatable bonds is 9. The molecule has 6 heteroatoms. The first-order valence-corrected chi connectivity index (χ1v) is 9.48. The van der Waals surface area contributed by atoms with Gasteiger partial charge in [0, 0.05) is 10.0 Å². The predicted molar refractivity (Wildman–Crippen MR) is 107 cm³/mol. The number of aliphatic hydroxyl groups is 1. The van der Waals surface area contributed by atoms with Crippen LogP contribution in [0.15, 0.2) is 48.5 Å². The minimum Gasteiger partial charge on any atom is -0.481 e. The number of ether oxygens (including phenoxy) is 1. The Hall–Kier alpha value is -1.59. The van der Waals surface area contributed by atoms with Gasteiger partial charge in [0.1, 0.15) is 0 Å². The lowest BCUT2D eigenvalue weighted by molar-refractivity contribution is -0.148. The Morgan fingerprint density at radius 2 is 1.56 bits per heavy atom. The van der Waals surface area contributed by atoms with Crippen LogP contribution in [0.4, 0.5) is 0 Å². The summed E-state index contributed by atoms with van der Waals surface area (Å²) in [6.07, 6.45) is 0.0185. The average Bonchev–Trinajstić information content (AvgIpc) is 2.58. The minimum atomic E-state index is -0.951. The molecule has 0 fully saturated rings. The smallest absolute Gasteiger partial charge is 0.309 e. The van der Waals surface area contributed by atoms with E-state index in [4.69, 9.17) is 27.9 Å². The van der Waals surface area contributed by atoms with E-state index < -0.39 is 23.6 Å². The number of halogens is 2. The first-order chi connectivity index (χ1) is 12.7. The van der Waals surface area contributed by atoms with Crippen molar-refractivity contribution in [2.45, 2.75) is 38.4 Å². The summed E-state index contributed by atoms with van der Waals surface area (Å²) in [4.78, 5) is 12.0. The van der Waals surface area contributed by atoms with Crippen LogP contribution in [0.2, 0.25) is 10.0 Å². The lowest BCUT2D eigenvalue weighted by atomic mass is 9.89. The van der Waals surface area contributed by atoms with Crippen molar-refractivity contribution >= 4 is 29.2 Å².